The maximum absolute atomic E-state index is 13.5. The summed E-state index contributed by atoms with van der Waals surface area (Å²) in [6.45, 7) is 1.24. The van der Waals surface area contributed by atoms with Crippen LogP contribution in [0, 0.1) is 5.82 Å². The van der Waals surface area contributed by atoms with Crippen LogP contribution in [0.2, 0.25) is 0 Å². The number of rotatable bonds is 3. The molecule has 3 heterocycles. The van der Waals surface area contributed by atoms with Crippen molar-refractivity contribution in [2.75, 3.05) is 6.54 Å². The van der Waals surface area contributed by atoms with Gasteiger partial charge in [0.25, 0.3) is 0 Å². The molecule has 1 aliphatic rings. The van der Waals surface area contributed by atoms with Crippen LogP contribution in [0.4, 0.5) is 4.39 Å². The lowest BCUT2D eigenvalue weighted by atomic mass is 10.1. The molecule has 0 radical (unpaired) electrons. The molecule has 0 aliphatic carbocycles. The lowest BCUT2D eigenvalue weighted by Gasteiger charge is -2.26. The van der Waals surface area contributed by atoms with Crippen molar-refractivity contribution in [1.29, 1.82) is 0 Å². The van der Waals surface area contributed by atoms with Gasteiger partial charge in [0, 0.05) is 40.5 Å². The Labute approximate surface area is 165 Å². The van der Waals surface area contributed by atoms with Crippen LogP contribution in [0.25, 0.3) is 21.5 Å². The Hall–Kier alpha value is -2.99. The Bertz CT molecular complexity index is 1180. The van der Waals surface area contributed by atoms with Crippen LogP contribution >= 0.6 is 11.3 Å². The second-order valence-electron chi connectivity index (χ2n) is 7.00. The molecule has 0 unspecified atom stereocenters. The number of hydrogen-bond donors (Lipinski definition) is 1. The maximum Gasteiger partial charge on any atom is 0.227 e. The second kappa shape index (κ2) is 6.87. The van der Waals surface area contributed by atoms with E-state index >= 15 is 0 Å². The molecule has 1 aliphatic heterocycles. The zero-order valence-corrected chi connectivity index (χ0v) is 15.9. The third-order valence-electron chi connectivity index (χ3n) is 5.17. The predicted octanol–water partition coefficient (Wildman–Crippen LogP) is 4.56. The summed E-state index contributed by atoms with van der Waals surface area (Å²) in [7, 11) is 0. The molecule has 6 heteroatoms. The van der Waals surface area contributed by atoms with Crippen molar-refractivity contribution >= 4 is 28.1 Å². The average Bonchev–Trinajstić information content (AvgIpc) is 3.32. The fraction of sp³-hybridized carbons (Fsp3) is 0.182. The quantitative estimate of drug-likeness (QED) is 0.557. The number of halogens is 1. The topological polar surface area (TPSA) is 49.0 Å². The highest BCUT2D eigenvalue weighted by Gasteiger charge is 2.25. The number of nitrogens with zero attached hydrogens (tertiary/aromatic N) is 2. The normalized spacial score (nSPS) is 13.7. The molecule has 140 valence electrons. The third-order valence-corrected chi connectivity index (χ3v) is 6.30. The zero-order valence-electron chi connectivity index (χ0n) is 15.1. The van der Waals surface area contributed by atoms with Crippen LogP contribution in [0.3, 0.4) is 0 Å². The van der Waals surface area contributed by atoms with E-state index in [0.717, 1.165) is 44.0 Å². The fourth-order valence-corrected chi connectivity index (χ4v) is 4.83. The van der Waals surface area contributed by atoms with Gasteiger partial charge in [-0.05, 0) is 23.8 Å². The number of nitrogens with one attached hydrogen (secondary N) is 1. The zero-order chi connectivity index (χ0) is 19.1. The highest BCUT2D eigenvalue weighted by atomic mass is 32.1. The largest absolute Gasteiger partial charge is 0.361 e. The first kappa shape index (κ1) is 17.1. The fourth-order valence-electron chi connectivity index (χ4n) is 3.71. The van der Waals surface area contributed by atoms with Crippen LogP contribution in [0.15, 0.2) is 54.7 Å². The minimum atomic E-state index is -0.263. The first-order valence-corrected chi connectivity index (χ1v) is 10.1. The number of fused-ring (bicyclic) bond motifs is 2. The molecule has 0 bridgehead atoms. The van der Waals surface area contributed by atoms with Gasteiger partial charge >= 0.3 is 0 Å². The molecular formula is C22H18FN3OS. The summed E-state index contributed by atoms with van der Waals surface area (Å²) in [5, 5.41) is 1.91. The first-order valence-electron chi connectivity index (χ1n) is 9.24. The lowest BCUT2D eigenvalue weighted by molar-refractivity contribution is -0.131. The molecule has 0 saturated heterocycles. The Morgan fingerprint density at radius 3 is 3.00 bits per heavy atom. The van der Waals surface area contributed by atoms with Crippen molar-refractivity contribution in [2.45, 2.75) is 19.4 Å². The van der Waals surface area contributed by atoms with Crippen molar-refractivity contribution in [3.8, 4) is 10.6 Å². The number of carbonyl (C=O) groups excluding carboxylic acids is 1. The molecule has 0 atom stereocenters. The summed E-state index contributed by atoms with van der Waals surface area (Å²) in [6.07, 6.45) is 3.04. The van der Waals surface area contributed by atoms with Crippen molar-refractivity contribution in [3.05, 3.63) is 76.7 Å². The Kier molecular flexibility index (Phi) is 4.20. The van der Waals surface area contributed by atoms with E-state index in [-0.39, 0.29) is 11.7 Å². The average molecular weight is 391 g/mol. The molecular weight excluding hydrogens is 373 g/mol. The second-order valence-corrected chi connectivity index (χ2v) is 8.08. The van der Waals surface area contributed by atoms with E-state index in [9.17, 15) is 9.18 Å². The first-order chi connectivity index (χ1) is 13.7. The minimum Gasteiger partial charge on any atom is -0.361 e. The van der Waals surface area contributed by atoms with Gasteiger partial charge < -0.3 is 9.88 Å². The molecule has 4 aromatic rings. The minimum absolute atomic E-state index is 0.121. The van der Waals surface area contributed by atoms with Crippen LogP contribution in [0.5, 0.6) is 0 Å². The summed E-state index contributed by atoms with van der Waals surface area (Å²) >= 11 is 1.55. The number of aromatic amines is 1. The van der Waals surface area contributed by atoms with Crippen molar-refractivity contribution < 1.29 is 9.18 Å². The number of amides is 1. The molecule has 2 aromatic carbocycles. The van der Waals surface area contributed by atoms with Gasteiger partial charge in [0.15, 0.2) is 0 Å². The van der Waals surface area contributed by atoms with E-state index in [1.54, 1.807) is 17.4 Å². The van der Waals surface area contributed by atoms with E-state index in [0.29, 0.717) is 19.5 Å². The number of benzene rings is 2. The van der Waals surface area contributed by atoms with Crippen molar-refractivity contribution in [2.24, 2.45) is 0 Å². The SMILES string of the molecule is O=C(Cc1c[nH]c2ccccc12)N1CCc2nc(-c3cccc(F)c3)sc2C1. The van der Waals surface area contributed by atoms with Gasteiger partial charge in [0.1, 0.15) is 10.8 Å². The van der Waals surface area contributed by atoms with Gasteiger partial charge in [-0.2, -0.15) is 0 Å². The van der Waals surface area contributed by atoms with Gasteiger partial charge in [0.05, 0.1) is 18.7 Å². The molecule has 0 fully saturated rings. The van der Waals surface area contributed by atoms with Crippen molar-refractivity contribution in [3.63, 3.8) is 0 Å². The molecule has 2 aromatic heterocycles. The monoisotopic (exact) mass is 391 g/mol. The third kappa shape index (κ3) is 3.10. The molecule has 1 N–H and O–H groups in total. The predicted molar refractivity (Wildman–Crippen MR) is 109 cm³/mol. The Balaban J connectivity index is 1.35. The number of carbonyl (C=O) groups is 1. The summed E-state index contributed by atoms with van der Waals surface area (Å²) in [6, 6.07) is 14.5. The molecule has 5 rings (SSSR count). The molecule has 0 saturated carbocycles. The highest BCUT2D eigenvalue weighted by Crippen LogP contribution is 2.32. The molecule has 0 spiro atoms. The van der Waals surface area contributed by atoms with E-state index in [2.05, 4.69) is 9.97 Å². The van der Waals surface area contributed by atoms with Gasteiger partial charge in [-0.3, -0.25) is 4.79 Å². The van der Waals surface area contributed by atoms with Crippen LogP contribution in [-0.2, 0) is 24.2 Å². The smallest absolute Gasteiger partial charge is 0.227 e. The van der Waals surface area contributed by atoms with Crippen LogP contribution in [-0.4, -0.2) is 27.3 Å². The van der Waals surface area contributed by atoms with E-state index in [1.807, 2.05) is 41.4 Å². The summed E-state index contributed by atoms with van der Waals surface area (Å²) in [4.78, 5) is 23.8. The van der Waals surface area contributed by atoms with Gasteiger partial charge in [-0.1, -0.05) is 30.3 Å². The molecule has 4 nitrogen and oxygen atoms in total. The van der Waals surface area contributed by atoms with Crippen LogP contribution in [0.1, 0.15) is 16.1 Å². The van der Waals surface area contributed by atoms with Gasteiger partial charge in [-0.25, -0.2) is 9.37 Å². The molecule has 1 amide bonds. The summed E-state index contributed by atoms with van der Waals surface area (Å²) in [5.41, 5.74) is 3.89. The lowest BCUT2D eigenvalue weighted by Crippen LogP contribution is -2.36. The molecule has 28 heavy (non-hydrogen) atoms. The van der Waals surface area contributed by atoms with E-state index in [1.165, 1.54) is 12.1 Å². The Morgan fingerprint density at radius 1 is 1.21 bits per heavy atom. The number of hydrogen-bond acceptors (Lipinski definition) is 3. The Morgan fingerprint density at radius 2 is 2.11 bits per heavy atom. The number of thiazole rings is 1. The number of H-pyrrole nitrogens is 1. The van der Waals surface area contributed by atoms with E-state index < -0.39 is 0 Å². The van der Waals surface area contributed by atoms with E-state index in [4.69, 9.17) is 0 Å². The highest BCUT2D eigenvalue weighted by molar-refractivity contribution is 7.15. The van der Waals surface area contributed by atoms with Gasteiger partial charge in [0.2, 0.25) is 5.91 Å². The van der Waals surface area contributed by atoms with Crippen LogP contribution < -0.4 is 0 Å². The summed E-state index contributed by atoms with van der Waals surface area (Å²) in [5.74, 6) is -0.141. The summed E-state index contributed by atoms with van der Waals surface area (Å²) < 4.78 is 13.5. The van der Waals surface area contributed by atoms with Gasteiger partial charge in [-0.15, -0.1) is 11.3 Å². The van der Waals surface area contributed by atoms with Crippen molar-refractivity contribution in [1.82, 2.24) is 14.9 Å². The standard InChI is InChI=1S/C22H18FN3OS/c23-16-5-3-4-14(10-16)22-25-19-8-9-26(13-20(19)28-22)21(27)11-15-12-24-18-7-2-1-6-17(15)18/h1-7,10,12,24H,8-9,11,13H2. The maximum atomic E-state index is 13.5. The number of aromatic nitrogens is 2. The number of para-hydroxylation sites is 1.